The molecule has 0 saturated carbocycles. The summed E-state index contributed by atoms with van der Waals surface area (Å²) in [5.41, 5.74) is 2.25. The number of amides is 1. The molecule has 2 heterocycles. The Balaban J connectivity index is 0.00000280. The monoisotopic (exact) mass is 599 g/mol. The Morgan fingerprint density at radius 3 is 2.38 bits per heavy atom. The molecule has 0 spiro atoms. The number of aryl methyl sites for hydroxylation is 2. The van der Waals surface area contributed by atoms with Gasteiger partial charge in [0.25, 0.3) is 5.91 Å². The van der Waals surface area contributed by atoms with Crippen LogP contribution in [0.4, 0.5) is 13.2 Å². The second kappa shape index (κ2) is 15.6. The van der Waals surface area contributed by atoms with Crippen LogP contribution in [0.3, 0.4) is 0 Å². The van der Waals surface area contributed by atoms with E-state index in [9.17, 15) is 18.0 Å². The Bertz CT molecular complexity index is 1180. The minimum Gasteiger partial charge on any atom is -0.379 e. The fourth-order valence-corrected chi connectivity index (χ4v) is 5.07. The van der Waals surface area contributed by atoms with Crippen molar-refractivity contribution in [2.24, 2.45) is 0 Å². The van der Waals surface area contributed by atoms with Crippen LogP contribution in [0.5, 0.6) is 0 Å². The molecule has 0 radical (unpaired) electrons. The largest absolute Gasteiger partial charge is 0.417 e. The molecule has 220 valence electrons. The average molecular weight is 601 g/mol. The summed E-state index contributed by atoms with van der Waals surface area (Å²) in [6.45, 7) is 10.5. The van der Waals surface area contributed by atoms with Crippen LogP contribution in [0.15, 0.2) is 42.5 Å². The number of hydrogen-bond donors (Lipinski definition) is 0. The van der Waals surface area contributed by atoms with Gasteiger partial charge < -0.3 is 9.64 Å². The Labute approximate surface area is 247 Å². The van der Waals surface area contributed by atoms with Gasteiger partial charge in [-0.15, -0.1) is 30.7 Å². The predicted molar refractivity (Wildman–Crippen MR) is 156 cm³/mol. The fourth-order valence-electron chi connectivity index (χ4n) is 5.07. The van der Waals surface area contributed by atoms with Crippen LogP contribution in [0.1, 0.15) is 39.0 Å². The highest BCUT2D eigenvalue weighted by Crippen LogP contribution is 2.33. The van der Waals surface area contributed by atoms with E-state index in [-0.39, 0.29) is 36.4 Å². The van der Waals surface area contributed by atoms with Gasteiger partial charge in [0.15, 0.2) is 0 Å². The third kappa shape index (κ3) is 9.12. The second-order valence-corrected chi connectivity index (χ2v) is 10.1. The summed E-state index contributed by atoms with van der Waals surface area (Å²) in [5.74, 6) is 5.95. The quantitative estimate of drug-likeness (QED) is 0.424. The Kier molecular flexibility index (Phi) is 13.3. The topological polar surface area (TPSA) is 36.0 Å². The molecule has 1 unspecified atom stereocenters. The summed E-state index contributed by atoms with van der Waals surface area (Å²) < 4.78 is 46.4. The van der Waals surface area contributed by atoms with Crippen molar-refractivity contribution in [3.05, 3.63) is 70.3 Å². The third-order valence-electron chi connectivity index (χ3n) is 7.42. The van der Waals surface area contributed by atoms with Crippen molar-refractivity contribution in [1.29, 1.82) is 0 Å². The Morgan fingerprint density at radius 1 is 0.950 bits per heavy atom. The Morgan fingerprint density at radius 2 is 1.68 bits per heavy atom. The lowest BCUT2D eigenvalue weighted by atomic mass is 9.97. The van der Waals surface area contributed by atoms with Crippen LogP contribution in [0.25, 0.3) is 0 Å². The van der Waals surface area contributed by atoms with Crippen LogP contribution in [0, 0.1) is 25.7 Å². The molecule has 2 saturated heterocycles. The number of alkyl halides is 3. The van der Waals surface area contributed by atoms with Gasteiger partial charge in [-0.1, -0.05) is 36.3 Å². The highest BCUT2D eigenvalue weighted by molar-refractivity contribution is 5.96. The molecular formula is C30H38Cl2F3N3O2. The number of ether oxygens (including phenoxy) is 1. The smallest absolute Gasteiger partial charge is 0.379 e. The van der Waals surface area contributed by atoms with E-state index in [0.29, 0.717) is 32.5 Å². The molecule has 10 heteroatoms. The third-order valence-corrected chi connectivity index (χ3v) is 7.42. The maximum atomic E-state index is 13.7. The van der Waals surface area contributed by atoms with Crippen LogP contribution >= 0.6 is 24.8 Å². The van der Waals surface area contributed by atoms with E-state index < -0.39 is 17.6 Å². The van der Waals surface area contributed by atoms with Crippen molar-refractivity contribution in [3.8, 4) is 11.8 Å². The highest BCUT2D eigenvalue weighted by Gasteiger charge is 2.38. The number of carbonyl (C=O) groups is 1. The SMILES string of the molecule is Cc1ccc(CC2CN(CCC#CCN3CCOCC3)CCN2C(=O)c2ccccc2C(F)(F)F)cc1C.Cl.Cl. The summed E-state index contributed by atoms with van der Waals surface area (Å²) in [4.78, 5) is 19.7. The molecule has 40 heavy (non-hydrogen) atoms. The summed E-state index contributed by atoms with van der Waals surface area (Å²) in [7, 11) is 0. The molecule has 2 aliphatic rings. The first-order valence-electron chi connectivity index (χ1n) is 13.2. The number of benzene rings is 2. The zero-order valence-corrected chi connectivity index (χ0v) is 24.6. The van der Waals surface area contributed by atoms with Crippen molar-refractivity contribution < 1.29 is 22.7 Å². The van der Waals surface area contributed by atoms with E-state index in [2.05, 4.69) is 33.8 Å². The molecule has 1 atom stereocenters. The van der Waals surface area contributed by atoms with E-state index in [1.807, 2.05) is 19.9 Å². The Hall–Kier alpha value is -2.28. The first-order chi connectivity index (χ1) is 18.2. The maximum Gasteiger partial charge on any atom is 0.417 e. The van der Waals surface area contributed by atoms with Crippen LogP contribution in [0.2, 0.25) is 0 Å². The normalized spacial score (nSPS) is 18.2. The van der Waals surface area contributed by atoms with Gasteiger partial charge in [-0.25, -0.2) is 0 Å². The molecule has 0 aromatic heterocycles. The number of piperazine rings is 1. The first-order valence-corrected chi connectivity index (χ1v) is 13.2. The number of rotatable bonds is 6. The molecule has 4 rings (SSSR count). The molecule has 0 aliphatic carbocycles. The fraction of sp³-hybridized carbons (Fsp3) is 0.500. The zero-order chi connectivity index (χ0) is 27.1. The van der Waals surface area contributed by atoms with E-state index in [1.54, 1.807) is 4.90 Å². The number of halogens is 5. The van der Waals surface area contributed by atoms with Gasteiger partial charge >= 0.3 is 6.18 Å². The van der Waals surface area contributed by atoms with Gasteiger partial charge in [-0.05, 0) is 49.1 Å². The van der Waals surface area contributed by atoms with Gasteiger partial charge in [0.2, 0.25) is 0 Å². The number of nitrogens with zero attached hydrogens (tertiary/aromatic N) is 3. The minimum absolute atomic E-state index is 0. The van der Waals surface area contributed by atoms with Crippen LogP contribution in [-0.2, 0) is 17.3 Å². The van der Waals surface area contributed by atoms with E-state index in [0.717, 1.165) is 56.6 Å². The van der Waals surface area contributed by atoms with E-state index in [1.165, 1.54) is 23.8 Å². The number of hydrogen-bond acceptors (Lipinski definition) is 4. The lowest BCUT2D eigenvalue weighted by Crippen LogP contribution is -2.56. The maximum absolute atomic E-state index is 13.7. The van der Waals surface area contributed by atoms with Gasteiger partial charge in [0, 0.05) is 51.7 Å². The highest BCUT2D eigenvalue weighted by atomic mass is 35.5. The average Bonchev–Trinajstić information content (AvgIpc) is 2.90. The molecular weight excluding hydrogens is 562 g/mol. The van der Waals surface area contributed by atoms with Gasteiger partial charge in [0.1, 0.15) is 0 Å². The second-order valence-electron chi connectivity index (χ2n) is 10.1. The molecule has 5 nitrogen and oxygen atoms in total. The standard InChI is InChI=1S/C30H36F3N3O2.2ClH/c1-23-10-11-25(20-24(23)2)21-26-22-35(13-7-3-6-12-34-16-18-38-19-17-34)14-15-36(26)29(37)27-8-4-5-9-28(27)30(31,32)33;;/h4-5,8-11,20,26H,7,12-19,21-22H2,1-2H3;2*1H. The van der Waals surface area contributed by atoms with Gasteiger partial charge in [-0.2, -0.15) is 13.2 Å². The van der Waals surface area contributed by atoms with Crippen molar-refractivity contribution in [2.45, 2.75) is 38.9 Å². The molecule has 2 aromatic carbocycles. The van der Waals surface area contributed by atoms with E-state index >= 15 is 0 Å². The summed E-state index contributed by atoms with van der Waals surface area (Å²) in [5, 5.41) is 0. The van der Waals surface area contributed by atoms with Gasteiger partial charge in [0.05, 0.1) is 30.9 Å². The molecule has 0 N–H and O–H groups in total. The lowest BCUT2D eigenvalue weighted by Gasteiger charge is -2.42. The van der Waals surface area contributed by atoms with Crippen LogP contribution < -0.4 is 0 Å². The minimum atomic E-state index is -4.59. The van der Waals surface area contributed by atoms with E-state index in [4.69, 9.17) is 4.74 Å². The number of morpholine rings is 1. The molecule has 0 bridgehead atoms. The summed E-state index contributed by atoms with van der Waals surface area (Å²) in [6, 6.07) is 11.1. The lowest BCUT2D eigenvalue weighted by molar-refractivity contribution is -0.138. The molecule has 2 fully saturated rings. The first kappa shape index (κ1) is 33.9. The van der Waals surface area contributed by atoms with Gasteiger partial charge in [-0.3, -0.25) is 14.6 Å². The molecule has 1 amide bonds. The number of carbonyl (C=O) groups excluding carboxylic acids is 1. The van der Waals surface area contributed by atoms with Crippen molar-refractivity contribution in [1.82, 2.24) is 14.7 Å². The van der Waals surface area contributed by atoms with Crippen molar-refractivity contribution >= 4 is 30.7 Å². The molecule has 2 aromatic rings. The van der Waals surface area contributed by atoms with Crippen LogP contribution in [-0.4, -0.2) is 85.7 Å². The van der Waals surface area contributed by atoms with Crippen molar-refractivity contribution in [3.63, 3.8) is 0 Å². The predicted octanol–water partition coefficient (Wildman–Crippen LogP) is 5.26. The molecule has 2 aliphatic heterocycles. The summed E-state index contributed by atoms with van der Waals surface area (Å²) in [6.07, 6.45) is -3.29. The summed E-state index contributed by atoms with van der Waals surface area (Å²) >= 11 is 0. The van der Waals surface area contributed by atoms with Crippen molar-refractivity contribution in [2.75, 3.05) is 59.0 Å². The zero-order valence-electron chi connectivity index (χ0n) is 23.0.